The molecule has 0 aliphatic carbocycles. The van der Waals surface area contributed by atoms with Crippen molar-refractivity contribution in [3.05, 3.63) is 6.33 Å². The first-order valence-corrected chi connectivity index (χ1v) is 6.57. The first kappa shape index (κ1) is 14.9. The Labute approximate surface area is 124 Å². The van der Waals surface area contributed by atoms with Crippen LogP contribution in [0.3, 0.4) is 0 Å². The van der Waals surface area contributed by atoms with E-state index in [4.69, 9.17) is 15.2 Å². The van der Waals surface area contributed by atoms with Crippen molar-refractivity contribution in [2.45, 2.75) is 31.0 Å². The molecule has 9 nitrogen and oxygen atoms in total. The third-order valence-electron chi connectivity index (χ3n) is 3.75. The zero-order chi connectivity index (χ0) is 16.1. The molecule has 0 aromatic carbocycles. The van der Waals surface area contributed by atoms with Gasteiger partial charge in [-0.2, -0.15) is 9.97 Å². The molecule has 2 aromatic heterocycles. The number of halogens is 1. The van der Waals surface area contributed by atoms with Crippen molar-refractivity contribution in [2.24, 2.45) is 0 Å². The lowest BCUT2D eigenvalue weighted by molar-refractivity contribution is -0.0566. The van der Waals surface area contributed by atoms with E-state index in [0.717, 1.165) is 0 Å². The topological polar surface area (TPSA) is 129 Å². The number of aromatic nitrogens is 4. The number of alkyl halides is 1. The molecule has 1 saturated heterocycles. The Morgan fingerprint density at radius 2 is 2.27 bits per heavy atom. The minimum Gasteiger partial charge on any atom is -0.479 e. The second-order valence-electron chi connectivity index (χ2n) is 5.22. The number of nitrogen functional groups attached to an aromatic ring is 1. The normalized spacial score (nSPS) is 31.8. The highest BCUT2D eigenvalue weighted by Gasteiger charge is 2.55. The van der Waals surface area contributed by atoms with Gasteiger partial charge in [0.05, 0.1) is 20.0 Å². The van der Waals surface area contributed by atoms with Gasteiger partial charge in [-0.1, -0.05) is 0 Å². The monoisotopic (exact) mass is 313 g/mol. The number of methoxy groups -OCH3 is 1. The summed E-state index contributed by atoms with van der Waals surface area (Å²) in [5.41, 5.74) is 3.97. The van der Waals surface area contributed by atoms with Crippen LogP contribution in [0.25, 0.3) is 11.2 Å². The molecule has 2 unspecified atom stereocenters. The number of nitrogens with zero attached hydrogens (tertiary/aromatic N) is 4. The van der Waals surface area contributed by atoms with Gasteiger partial charge >= 0.3 is 0 Å². The SMILES string of the molecule is COc1nc(N)nc2c1ncn2C1OC(CO)[C@@H](O)[C@@]1(C)F. The standard InChI is InChI=1S/C12H16FN5O4/c1-12(13)7(20)5(3-19)22-10(12)18-4-15-6-8(18)16-11(14)17-9(6)21-2/h4-5,7,10,19-20H,3H2,1-2H3,(H2,14,16,17)/t5?,7-,10?,12-/m1/s1. The summed E-state index contributed by atoms with van der Waals surface area (Å²) in [5.74, 6) is 0.0861. The van der Waals surface area contributed by atoms with Crippen LogP contribution in [-0.4, -0.2) is 61.3 Å². The number of nitrogens with two attached hydrogens (primary N) is 1. The third-order valence-corrected chi connectivity index (χ3v) is 3.75. The average Bonchev–Trinajstić information content (AvgIpc) is 2.98. The summed E-state index contributed by atoms with van der Waals surface area (Å²) in [4.78, 5) is 12.0. The van der Waals surface area contributed by atoms with Crippen LogP contribution in [0.2, 0.25) is 0 Å². The zero-order valence-corrected chi connectivity index (χ0v) is 12.0. The molecule has 4 atom stereocenters. The summed E-state index contributed by atoms with van der Waals surface area (Å²) < 4.78 is 26.6. The first-order chi connectivity index (χ1) is 10.4. The molecule has 1 aliphatic rings. The van der Waals surface area contributed by atoms with Gasteiger partial charge < -0.3 is 25.4 Å². The molecule has 0 saturated carbocycles. The molecule has 0 radical (unpaired) electrons. The first-order valence-electron chi connectivity index (χ1n) is 6.57. The molecule has 3 heterocycles. The van der Waals surface area contributed by atoms with E-state index in [-0.39, 0.29) is 23.0 Å². The van der Waals surface area contributed by atoms with Gasteiger partial charge in [0.25, 0.3) is 0 Å². The molecule has 1 fully saturated rings. The summed E-state index contributed by atoms with van der Waals surface area (Å²) in [6.07, 6.45) is -2.45. The smallest absolute Gasteiger partial charge is 0.246 e. The number of ether oxygens (including phenoxy) is 2. The Morgan fingerprint density at radius 1 is 1.55 bits per heavy atom. The second-order valence-corrected chi connectivity index (χ2v) is 5.22. The van der Waals surface area contributed by atoms with Gasteiger partial charge in [0.15, 0.2) is 23.1 Å². The van der Waals surface area contributed by atoms with Crippen LogP contribution in [0.1, 0.15) is 13.2 Å². The van der Waals surface area contributed by atoms with Crippen LogP contribution in [0.5, 0.6) is 5.88 Å². The lowest BCUT2D eigenvalue weighted by atomic mass is 9.98. The van der Waals surface area contributed by atoms with Crippen molar-refractivity contribution in [1.82, 2.24) is 19.5 Å². The number of aliphatic hydroxyl groups is 2. The molecule has 0 amide bonds. The largest absolute Gasteiger partial charge is 0.479 e. The van der Waals surface area contributed by atoms with E-state index >= 15 is 0 Å². The Morgan fingerprint density at radius 3 is 2.86 bits per heavy atom. The van der Waals surface area contributed by atoms with Crippen LogP contribution in [0.4, 0.5) is 10.3 Å². The fraction of sp³-hybridized carbons (Fsp3) is 0.583. The fourth-order valence-electron chi connectivity index (χ4n) is 2.58. The predicted octanol–water partition coefficient (Wildman–Crippen LogP) is -0.604. The number of hydrogen-bond donors (Lipinski definition) is 3. The van der Waals surface area contributed by atoms with Gasteiger partial charge in [0.2, 0.25) is 11.8 Å². The van der Waals surface area contributed by atoms with E-state index in [1.165, 1.54) is 24.9 Å². The van der Waals surface area contributed by atoms with Crippen LogP contribution >= 0.6 is 0 Å². The predicted molar refractivity (Wildman–Crippen MR) is 72.8 cm³/mol. The molecule has 3 rings (SSSR count). The summed E-state index contributed by atoms with van der Waals surface area (Å²) >= 11 is 0. The summed E-state index contributed by atoms with van der Waals surface area (Å²) in [5, 5.41) is 19.1. The van der Waals surface area contributed by atoms with E-state index in [1.54, 1.807) is 0 Å². The Bertz CT molecular complexity index is 706. The number of fused-ring (bicyclic) bond motifs is 1. The molecule has 4 N–H and O–H groups in total. The minimum atomic E-state index is -2.14. The maximum absolute atomic E-state index is 14.8. The summed E-state index contributed by atoms with van der Waals surface area (Å²) in [6.45, 7) is 0.676. The van der Waals surface area contributed by atoms with Crippen LogP contribution in [0, 0.1) is 0 Å². The molecule has 1 aliphatic heterocycles. The maximum atomic E-state index is 14.8. The number of imidazole rings is 1. The Hall–Kier alpha value is -2.04. The minimum absolute atomic E-state index is 0.0658. The Balaban J connectivity index is 2.13. The second kappa shape index (κ2) is 5.00. The molecule has 120 valence electrons. The van der Waals surface area contributed by atoms with Crippen molar-refractivity contribution < 1.29 is 24.1 Å². The lowest BCUT2D eigenvalue weighted by Crippen LogP contribution is -2.40. The molecule has 10 heteroatoms. The highest BCUT2D eigenvalue weighted by molar-refractivity contribution is 5.77. The van der Waals surface area contributed by atoms with E-state index < -0.39 is 30.7 Å². The zero-order valence-electron chi connectivity index (χ0n) is 12.0. The number of hydrogen-bond acceptors (Lipinski definition) is 8. The van der Waals surface area contributed by atoms with Gasteiger partial charge in [-0.15, -0.1) is 0 Å². The summed E-state index contributed by atoms with van der Waals surface area (Å²) in [7, 11) is 1.40. The maximum Gasteiger partial charge on any atom is 0.246 e. The van der Waals surface area contributed by atoms with Crippen molar-refractivity contribution in [2.75, 3.05) is 19.5 Å². The molecular formula is C12H16FN5O4. The van der Waals surface area contributed by atoms with Crippen molar-refractivity contribution in [3.8, 4) is 5.88 Å². The summed E-state index contributed by atoms with van der Waals surface area (Å²) in [6, 6.07) is 0. The van der Waals surface area contributed by atoms with Crippen molar-refractivity contribution >= 4 is 17.1 Å². The quantitative estimate of drug-likeness (QED) is 0.685. The van der Waals surface area contributed by atoms with E-state index in [2.05, 4.69) is 15.0 Å². The van der Waals surface area contributed by atoms with Gasteiger partial charge in [-0.3, -0.25) is 4.57 Å². The lowest BCUT2D eigenvalue weighted by Gasteiger charge is -2.24. The van der Waals surface area contributed by atoms with Gasteiger partial charge in [0, 0.05) is 0 Å². The molecule has 0 bridgehead atoms. The van der Waals surface area contributed by atoms with E-state index in [1.807, 2.05) is 0 Å². The Kier molecular flexibility index (Phi) is 3.38. The van der Waals surface area contributed by atoms with Crippen LogP contribution in [0.15, 0.2) is 6.33 Å². The van der Waals surface area contributed by atoms with Gasteiger partial charge in [-0.25, -0.2) is 9.37 Å². The van der Waals surface area contributed by atoms with E-state index in [9.17, 15) is 14.6 Å². The molecule has 22 heavy (non-hydrogen) atoms. The highest BCUT2D eigenvalue weighted by Crippen LogP contribution is 2.42. The van der Waals surface area contributed by atoms with Crippen molar-refractivity contribution in [3.63, 3.8) is 0 Å². The van der Waals surface area contributed by atoms with Gasteiger partial charge in [0.1, 0.15) is 12.2 Å². The fourth-order valence-corrected chi connectivity index (χ4v) is 2.58. The third kappa shape index (κ3) is 1.99. The highest BCUT2D eigenvalue weighted by atomic mass is 19.1. The van der Waals surface area contributed by atoms with Crippen LogP contribution < -0.4 is 10.5 Å². The number of anilines is 1. The average molecular weight is 313 g/mol. The van der Waals surface area contributed by atoms with Crippen molar-refractivity contribution in [1.29, 1.82) is 0 Å². The van der Waals surface area contributed by atoms with Gasteiger partial charge in [-0.05, 0) is 6.92 Å². The molecule has 0 spiro atoms. The number of aliphatic hydroxyl groups excluding tert-OH is 2. The number of rotatable bonds is 3. The van der Waals surface area contributed by atoms with E-state index in [0.29, 0.717) is 0 Å². The van der Waals surface area contributed by atoms with Crippen LogP contribution in [-0.2, 0) is 4.74 Å². The molecule has 2 aromatic rings. The molecular weight excluding hydrogens is 297 g/mol.